The third-order valence-electron chi connectivity index (χ3n) is 2.93. The summed E-state index contributed by atoms with van der Waals surface area (Å²) in [4.78, 5) is 3.97. The van der Waals surface area contributed by atoms with Crippen molar-refractivity contribution in [3.63, 3.8) is 0 Å². The maximum absolute atomic E-state index is 12.2. The van der Waals surface area contributed by atoms with E-state index in [9.17, 15) is 8.42 Å². The Balaban J connectivity index is 2.06. The normalized spacial score (nSPS) is 13.8. The lowest BCUT2D eigenvalue weighted by Gasteiger charge is -2.12. The average molecular weight is 313 g/mol. The Hall–Kier alpha value is -1.18. The van der Waals surface area contributed by atoms with Gasteiger partial charge >= 0.3 is 0 Å². The summed E-state index contributed by atoms with van der Waals surface area (Å²) >= 11 is 1.61. The quantitative estimate of drug-likeness (QED) is 0.891. The predicted molar refractivity (Wildman–Crippen MR) is 80.4 cm³/mol. The van der Waals surface area contributed by atoms with Crippen molar-refractivity contribution >= 4 is 21.4 Å². The van der Waals surface area contributed by atoms with Gasteiger partial charge in [0.15, 0.2) is 5.03 Å². The number of aromatic nitrogens is 2. The zero-order chi connectivity index (χ0) is 14.8. The van der Waals surface area contributed by atoms with Gasteiger partial charge < -0.3 is 4.57 Å². The second-order valence-corrected chi connectivity index (χ2v) is 7.55. The fourth-order valence-electron chi connectivity index (χ4n) is 1.87. The molecule has 0 radical (unpaired) electrons. The van der Waals surface area contributed by atoms with Crippen LogP contribution in [-0.4, -0.2) is 24.0 Å². The Morgan fingerprint density at radius 3 is 2.70 bits per heavy atom. The van der Waals surface area contributed by atoms with E-state index in [2.05, 4.69) is 9.71 Å². The first-order chi connectivity index (χ1) is 9.38. The van der Waals surface area contributed by atoms with Gasteiger partial charge in [0.25, 0.3) is 10.0 Å². The van der Waals surface area contributed by atoms with Crippen LogP contribution in [0.25, 0.3) is 0 Å². The van der Waals surface area contributed by atoms with Crippen molar-refractivity contribution < 1.29 is 8.42 Å². The first-order valence-electron chi connectivity index (χ1n) is 6.45. The van der Waals surface area contributed by atoms with Gasteiger partial charge in [0.05, 0.1) is 6.33 Å². The van der Waals surface area contributed by atoms with Crippen molar-refractivity contribution in [2.45, 2.75) is 44.3 Å². The summed E-state index contributed by atoms with van der Waals surface area (Å²) < 4.78 is 28.9. The molecule has 110 valence electrons. The number of nitrogens with one attached hydrogen (secondary N) is 1. The molecule has 0 aliphatic rings. The molecule has 0 aliphatic heterocycles. The minimum Gasteiger partial charge on any atom is -0.334 e. The van der Waals surface area contributed by atoms with Crippen LogP contribution in [0.5, 0.6) is 0 Å². The molecule has 2 aromatic rings. The van der Waals surface area contributed by atoms with Crippen molar-refractivity contribution in [1.82, 2.24) is 14.3 Å². The Kier molecular flexibility index (Phi) is 4.62. The largest absolute Gasteiger partial charge is 0.334 e. The minimum atomic E-state index is -3.55. The summed E-state index contributed by atoms with van der Waals surface area (Å²) in [6.07, 6.45) is 3.78. The van der Waals surface area contributed by atoms with Gasteiger partial charge in [0.2, 0.25) is 0 Å². The predicted octanol–water partition coefficient (Wildman–Crippen LogP) is 2.44. The van der Waals surface area contributed by atoms with Crippen LogP contribution in [0.4, 0.5) is 0 Å². The van der Waals surface area contributed by atoms with Gasteiger partial charge in [0, 0.05) is 18.3 Å². The molecule has 7 heteroatoms. The molecule has 0 fully saturated rings. The van der Waals surface area contributed by atoms with Crippen molar-refractivity contribution in [3.8, 4) is 0 Å². The highest BCUT2D eigenvalue weighted by Gasteiger charge is 2.20. The molecule has 0 aliphatic carbocycles. The fraction of sp³-hybridized carbons (Fsp3) is 0.462. The van der Waals surface area contributed by atoms with E-state index in [1.54, 1.807) is 28.4 Å². The van der Waals surface area contributed by atoms with E-state index in [1.807, 2.05) is 37.6 Å². The third kappa shape index (κ3) is 3.68. The molecule has 0 spiro atoms. The van der Waals surface area contributed by atoms with E-state index in [0.717, 1.165) is 5.56 Å². The van der Waals surface area contributed by atoms with Gasteiger partial charge in [-0.3, -0.25) is 0 Å². The number of hydrogen-bond donors (Lipinski definition) is 1. The molecule has 0 saturated carbocycles. The molecule has 2 heterocycles. The van der Waals surface area contributed by atoms with Crippen LogP contribution in [0.3, 0.4) is 0 Å². The molecule has 0 bridgehead atoms. The van der Waals surface area contributed by atoms with Crippen LogP contribution in [0.2, 0.25) is 0 Å². The number of rotatable bonds is 6. The van der Waals surface area contributed by atoms with E-state index in [0.29, 0.717) is 6.42 Å². The van der Waals surface area contributed by atoms with E-state index in [1.165, 1.54) is 0 Å². The van der Waals surface area contributed by atoms with E-state index >= 15 is 0 Å². The molecule has 0 saturated heterocycles. The summed E-state index contributed by atoms with van der Waals surface area (Å²) in [7, 11) is -3.55. The lowest BCUT2D eigenvalue weighted by atomic mass is 10.1. The summed E-state index contributed by atoms with van der Waals surface area (Å²) in [5, 5.41) is 4.09. The van der Waals surface area contributed by atoms with Crippen molar-refractivity contribution in [2.75, 3.05) is 0 Å². The minimum absolute atomic E-state index is 0.0726. The standard InChI is InChI=1S/C13H19N3O2S2/c1-10(2)16-7-13(14-9-16)20(17,18)15-11(3)6-12-4-5-19-8-12/h4-5,7-11,15H,6H2,1-3H3. The first-order valence-corrected chi connectivity index (χ1v) is 8.88. The van der Waals surface area contributed by atoms with E-state index < -0.39 is 10.0 Å². The van der Waals surface area contributed by atoms with Gasteiger partial charge in [-0.1, -0.05) is 0 Å². The second-order valence-electron chi connectivity index (χ2n) is 5.11. The summed E-state index contributed by atoms with van der Waals surface area (Å²) in [5.41, 5.74) is 1.14. The number of hydrogen-bond acceptors (Lipinski definition) is 4. The number of thiophene rings is 1. The molecule has 1 N–H and O–H groups in total. The number of sulfonamides is 1. The smallest absolute Gasteiger partial charge is 0.259 e. The molecule has 2 rings (SSSR count). The van der Waals surface area contributed by atoms with Gasteiger partial charge in [-0.2, -0.15) is 11.3 Å². The van der Waals surface area contributed by atoms with Crippen LogP contribution >= 0.6 is 11.3 Å². The van der Waals surface area contributed by atoms with Crippen LogP contribution in [0, 0.1) is 0 Å². The van der Waals surface area contributed by atoms with Gasteiger partial charge in [-0.25, -0.2) is 18.1 Å². The lowest BCUT2D eigenvalue weighted by molar-refractivity contribution is 0.556. The second kappa shape index (κ2) is 6.07. The summed E-state index contributed by atoms with van der Waals surface area (Å²) in [5.74, 6) is 0. The van der Waals surface area contributed by atoms with Crippen LogP contribution in [0.15, 0.2) is 34.4 Å². The topological polar surface area (TPSA) is 64.0 Å². The Bertz CT molecular complexity index is 645. The Morgan fingerprint density at radius 2 is 2.15 bits per heavy atom. The number of nitrogens with zero attached hydrogens (tertiary/aromatic N) is 2. The SMILES string of the molecule is CC(Cc1ccsc1)NS(=O)(=O)c1cn(C(C)C)cn1. The maximum atomic E-state index is 12.2. The fourth-order valence-corrected chi connectivity index (χ4v) is 3.73. The first kappa shape index (κ1) is 15.2. The van der Waals surface area contributed by atoms with Gasteiger partial charge in [-0.15, -0.1) is 0 Å². The summed E-state index contributed by atoms with van der Waals surface area (Å²) in [6, 6.07) is 2.02. The Morgan fingerprint density at radius 1 is 1.40 bits per heavy atom. The van der Waals surface area contributed by atoms with E-state index in [-0.39, 0.29) is 17.1 Å². The zero-order valence-electron chi connectivity index (χ0n) is 11.8. The zero-order valence-corrected chi connectivity index (χ0v) is 13.4. The molecule has 1 unspecified atom stereocenters. The van der Waals surface area contributed by atoms with Gasteiger partial charge in [0.1, 0.15) is 0 Å². The van der Waals surface area contributed by atoms with Crippen molar-refractivity contribution in [3.05, 3.63) is 34.9 Å². The average Bonchev–Trinajstić information content (AvgIpc) is 2.97. The lowest BCUT2D eigenvalue weighted by Crippen LogP contribution is -2.34. The maximum Gasteiger partial charge on any atom is 0.259 e. The Labute approximate surface area is 123 Å². The van der Waals surface area contributed by atoms with Crippen molar-refractivity contribution in [2.24, 2.45) is 0 Å². The molecule has 1 atom stereocenters. The molecule has 20 heavy (non-hydrogen) atoms. The highest BCUT2D eigenvalue weighted by atomic mass is 32.2. The molecular formula is C13H19N3O2S2. The van der Waals surface area contributed by atoms with Crippen LogP contribution in [-0.2, 0) is 16.4 Å². The number of imidazole rings is 1. The summed E-state index contributed by atoms with van der Waals surface area (Å²) in [6.45, 7) is 5.81. The molecule has 0 amide bonds. The van der Waals surface area contributed by atoms with Crippen LogP contribution in [0.1, 0.15) is 32.4 Å². The van der Waals surface area contributed by atoms with Crippen LogP contribution < -0.4 is 4.72 Å². The highest BCUT2D eigenvalue weighted by molar-refractivity contribution is 7.89. The van der Waals surface area contributed by atoms with E-state index in [4.69, 9.17) is 0 Å². The van der Waals surface area contributed by atoms with Gasteiger partial charge in [-0.05, 0) is 49.6 Å². The molecule has 2 aromatic heterocycles. The molecule has 5 nitrogen and oxygen atoms in total. The molecular weight excluding hydrogens is 294 g/mol. The molecule has 0 aromatic carbocycles. The third-order valence-corrected chi connectivity index (χ3v) is 5.13. The van der Waals surface area contributed by atoms with Crippen molar-refractivity contribution in [1.29, 1.82) is 0 Å². The monoisotopic (exact) mass is 313 g/mol. The highest BCUT2D eigenvalue weighted by Crippen LogP contribution is 2.13.